The van der Waals surface area contributed by atoms with Gasteiger partial charge in [-0.15, -0.1) is 0 Å². The van der Waals surface area contributed by atoms with E-state index in [0.717, 1.165) is 6.42 Å². The molecule has 0 atom stereocenters. The van der Waals surface area contributed by atoms with Crippen molar-refractivity contribution in [2.75, 3.05) is 0 Å². The lowest BCUT2D eigenvalue weighted by Crippen LogP contribution is -2.19. The van der Waals surface area contributed by atoms with E-state index in [1.165, 1.54) is 40.1 Å². The van der Waals surface area contributed by atoms with Gasteiger partial charge >= 0.3 is 0 Å². The van der Waals surface area contributed by atoms with Gasteiger partial charge in [-0.25, -0.2) is 0 Å². The first-order chi connectivity index (χ1) is 11.4. The molecular weight excluding hydrogens is 280 g/mol. The number of hydrogen-bond acceptors (Lipinski definition) is 1. The fraction of sp³-hybridized carbons (Fsp3) is 0.182. The minimum Gasteiger partial charge on any atom is -0.473 e. The van der Waals surface area contributed by atoms with Gasteiger partial charge in [0.2, 0.25) is 0 Å². The predicted molar refractivity (Wildman–Crippen MR) is 94.1 cm³/mol. The lowest BCUT2D eigenvalue weighted by molar-refractivity contribution is 0.567. The molecule has 2 aromatic carbocycles. The molecule has 1 heteroatoms. The lowest BCUT2D eigenvalue weighted by atomic mass is 9.89. The van der Waals surface area contributed by atoms with Crippen molar-refractivity contribution in [3.63, 3.8) is 0 Å². The summed E-state index contributed by atoms with van der Waals surface area (Å²) in [5.41, 5.74) is 3.17. The maximum Gasteiger partial charge on any atom is 0.0902 e. The minimum absolute atomic E-state index is 1.10. The predicted octanol–water partition coefficient (Wildman–Crippen LogP) is 3.71. The molecule has 0 amide bonds. The average molecular weight is 300 g/mol. The van der Waals surface area contributed by atoms with E-state index >= 15 is 0 Å². The van der Waals surface area contributed by atoms with Gasteiger partial charge in [0.15, 0.2) is 0 Å². The van der Waals surface area contributed by atoms with Crippen molar-refractivity contribution in [3.05, 3.63) is 93.1 Å². The fourth-order valence-electron chi connectivity index (χ4n) is 3.58. The van der Waals surface area contributed by atoms with Crippen molar-refractivity contribution >= 4 is 12.2 Å². The van der Waals surface area contributed by atoms with Crippen LogP contribution < -0.4 is 10.4 Å². The smallest absolute Gasteiger partial charge is 0.0902 e. The summed E-state index contributed by atoms with van der Waals surface area (Å²) in [7, 11) is 0. The van der Waals surface area contributed by atoms with Crippen molar-refractivity contribution in [1.82, 2.24) is 0 Å². The Hall–Kier alpha value is -2.54. The van der Waals surface area contributed by atoms with Gasteiger partial charge in [-0.3, -0.25) is 0 Å². The van der Waals surface area contributed by atoms with E-state index in [9.17, 15) is 0 Å². The third-order valence-electron chi connectivity index (χ3n) is 4.67. The van der Waals surface area contributed by atoms with Crippen molar-refractivity contribution in [1.29, 1.82) is 0 Å². The summed E-state index contributed by atoms with van der Waals surface area (Å²) in [5, 5.41) is 5.74. The summed E-state index contributed by atoms with van der Waals surface area (Å²) >= 11 is 0. The molecule has 23 heavy (non-hydrogen) atoms. The normalized spacial score (nSPS) is 14.1. The van der Waals surface area contributed by atoms with Crippen LogP contribution in [0.5, 0.6) is 0 Å². The zero-order valence-electron chi connectivity index (χ0n) is 13.2. The van der Waals surface area contributed by atoms with Gasteiger partial charge in [0.25, 0.3) is 0 Å². The molecule has 3 aromatic rings. The lowest BCUT2D eigenvalue weighted by Gasteiger charge is -2.16. The van der Waals surface area contributed by atoms with Gasteiger partial charge in [0.05, 0.1) is 12.5 Å². The van der Waals surface area contributed by atoms with Crippen LogP contribution in [0.1, 0.15) is 24.0 Å². The van der Waals surface area contributed by atoms with Crippen molar-refractivity contribution in [2.24, 2.45) is 0 Å². The molecule has 0 saturated carbocycles. The summed E-state index contributed by atoms with van der Waals surface area (Å²) < 4.78 is 4.58. The second-order valence-electron chi connectivity index (χ2n) is 6.04. The van der Waals surface area contributed by atoms with Crippen LogP contribution in [0.25, 0.3) is 12.2 Å². The van der Waals surface area contributed by atoms with Gasteiger partial charge in [0.1, 0.15) is 0 Å². The van der Waals surface area contributed by atoms with E-state index in [4.69, 9.17) is 0 Å². The number of hydrogen-bond donors (Lipinski definition) is 0. The zero-order chi connectivity index (χ0) is 15.5. The SMILES string of the molecule is C1=c2ccc3c(c2CCC1)CC=c1ccccc1=3.c1ccoc1. The summed E-state index contributed by atoms with van der Waals surface area (Å²) in [6.07, 6.45) is 12.9. The Balaban J connectivity index is 0.000000233. The zero-order valence-corrected chi connectivity index (χ0v) is 13.2. The topological polar surface area (TPSA) is 13.1 Å². The van der Waals surface area contributed by atoms with Gasteiger partial charge in [-0.05, 0) is 69.8 Å². The second kappa shape index (κ2) is 6.29. The van der Waals surface area contributed by atoms with Crippen molar-refractivity contribution < 1.29 is 4.42 Å². The summed E-state index contributed by atoms with van der Waals surface area (Å²) in [6.45, 7) is 0. The Morgan fingerprint density at radius 1 is 0.696 bits per heavy atom. The molecule has 1 aromatic heterocycles. The second-order valence-corrected chi connectivity index (χ2v) is 6.04. The van der Waals surface area contributed by atoms with E-state index < -0.39 is 0 Å². The molecule has 0 unspecified atom stereocenters. The first-order valence-corrected chi connectivity index (χ1v) is 8.31. The van der Waals surface area contributed by atoms with Crippen molar-refractivity contribution in [3.8, 4) is 0 Å². The molecule has 0 aliphatic heterocycles. The molecule has 0 spiro atoms. The first kappa shape index (κ1) is 14.1. The maximum atomic E-state index is 4.58. The Bertz CT molecular complexity index is 994. The number of rotatable bonds is 0. The Labute approximate surface area is 135 Å². The highest BCUT2D eigenvalue weighted by Crippen LogP contribution is 2.17. The molecule has 114 valence electrons. The molecular formula is C22H20O. The van der Waals surface area contributed by atoms with Crippen molar-refractivity contribution in [2.45, 2.75) is 25.7 Å². The van der Waals surface area contributed by atoms with Gasteiger partial charge in [0, 0.05) is 0 Å². The van der Waals surface area contributed by atoms with E-state index in [1.807, 2.05) is 12.1 Å². The van der Waals surface area contributed by atoms with E-state index in [2.05, 4.69) is 53.0 Å². The van der Waals surface area contributed by atoms with E-state index in [0.29, 0.717) is 0 Å². The highest BCUT2D eigenvalue weighted by molar-refractivity contribution is 5.47. The highest BCUT2D eigenvalue weighted by atomic mass is 16.3. The number of fused-ring (bicyclic) bond motifs is 4. The highest BCUT2D eigenvalue weighted by Gasteiger charge is 2.10. The summed E-state index contributed by atoms with van der Waals surface area (Å²) in [4.78, 5) is 0. The largest absolute Gasteiger partial charge is 0.473 e. The van der Waals surface area contributed by atoms with Gasteiger partial charge < -0.3 is 4.42 Å². The maximum absolute atomic E-state index is 4.58. The fourth-order valence-corrected chi connectivity index (χ4v) is 3.58. The summed E-state index contributed by atoms with van der Waals surface area (Å²) in [6, 6.07) is 17.1. The van der Waals surface area contributed by atoms with Crippen LogP contribution in [0.2, 0.25) is 0 Å². The molecule has 0 N–H and O–H groups in total. The first-order valence-electron chi connectivity index (χ1n) is 8.31. The van der Waals surface area contributed by atoms with E-state index in [-0.39, 0.29) is 0 Å². The van der Waals surface area contributed by atoms with Crippen LogP contribution in [0.4, 0.5) is 0 Å². The summed E-state index contributed by atoms with van der Waals surface area (Å²) in [5.74, 6) is 0. The van der Waals surface area contributed by atoms with Crippen LogP contribution in [0.3, 0.4) is 0 Å². The van der Waals surface area contributed by atoms with Gasteiger partial charge in [-0.2, -0.15) is 0 Å². The molecule has 0 saturated heterocycles. The molecule has 1 nitrogen and oxygen atoms in total. The van der Waals surface area contributed by atoms with Crippen LogP contribution in [0.15, 0.2) is 65.5 Å². The molecule has 2 aliphatic carbocycles. The molecule has 0 fully saturated rings. The molecule has 1 heterocycles. The molecule has 0 bridgehead atoms. The minimum atomic E-state index is 1.10. The quantitative estimate of drug-likeness (QED) is 0.617. The molecule has 2 aliphatic rings. The molecule has 0 radical (unpaired) electrons. The van der Waals surface area contributed by atoms with Crippen LogP contribution >= 0.6 is 0 Å². The monoisotopic (exact) mass is 300 g/mol. The number of furan rings is 1. The van der Waals surface area contributed by atoms with Crippen LogP contribution in [0, 0.1) is 10.4 Å². The Morgan fingerprint density at radius 2 is 1.57 bits per heavy atom. The Morgan fingerprint density at radius 3 is 2.39 bits per heavy atom. The third kappa shape index (κ3) is 2.75. The van der Waals surface area contributed by atoms with E-state index in [1.54, 1.807) is 23.7 Å². The third-order valence-corrected chi connectivity index (χ3v) is 4.67. The standard InChI is InChI=1S/C18H16.C4H4O/c1-3-7-15-13(5-1)9-11-18-16-8-4-2-6-14(16)10-12-17(15)18;1-2-4-5-3-1/h1,3,5-7,9-10,12H,2,4,8,11H2;1-4H. The van der Waals surface area contributed by atoms with Crippen LogP contribution in [-0.2, 0) is 12.8 Å². The number of benzene rings is 2. The van der Waals surface area contributed by atoms with Gasteiger partial charge in [-0.1, -0.05) is 48.6 Å². The Kier molecular flexibility index (Phi) is 3.85. The average Bonchev–Trinajstić information content (AvgIpc) is 3.21. The molecule has 5 rings (SSSR count). The van der Waals surface area contributed by atoms with Crippen LogP contribution in [-0.4, -0.2) is 0 Å².